The Hall–Kier alpha value is -3.22. The first kappa shape index (κ1) is 21.1. The van der Waals surface area contributed by atoms with Crippen LogP contribution in [0.5, 0.6) is 17.2 Å². The number of hydrogen-bond acceptors (Lipinski definition) is 5. The molecule has 0 bridgehead atoms. The van der Waals surface area contributed by atoms with Gasteiger partial charge in [0.25, 0.3) is 5.91 Å². The van der Waals surface area contributed by atoms with Gasteiger partial charge >= 0.3 is 5.97 Å². The van der Waals surface area contributed by atoms with Crippen LogP contribution < -0.4 is 19.5 Å². The molecule has 28 heavy (non-hydrogen) atoms. The van der Waals surface area contributed by atoms with Gasteiger partial charge in [0.2, 0.25) is 0 Å². The highest BCUT2D eigenvalue weighted by molar-refractivity contribution is 5.79. The van der Waals surface area contributed by atoms with Crippen molar-refractivity contribution < 1.29 is 28.9 Å². The Balaban J connectivity index is 2.12. The SMILES string of the molecule is COc1ccc(C(CC(=O)O)NC(=O)COc2ccc(C)c(C)c2)c(OC)c1. The highest BCUT2D eigenvalue weighted by Gasteiger charge is 2.22. The maximum absolute atomic E-state index is 12.4. The van der Waals surface area contributed by atoms with Crippen LogP contribution in [-0.2, 0) is 9.59 Å². The van der Waals surface area contributed by atoms with Crippen LogP contribution in [0.15, 0.2) is 36.4 Å². The smallest absolute Gasteiger partial charge is 0.305 e. The van der Waals surface area contributed by atoms with Gasteiger partial charge in [-0.05, 0) is 49.2 Å². The van der Waals surface area contributed by atoms with Gasteiger partial charge in [-0.25, -0.2) is 0 Å². The van der Waals surface area contributed by atoms with E-state index in [1.54, 1.807) is 24.3 Å². The van der Waals surface area contributed by atoms with E-state index < -0.39 is 17.9 Å². The van der Waals surface area contributed by atoms with Gasteiger partial charge in [0, 0.05) is 11.6 Å². The number of carboxylic acid groups (broad SMARTS) is 1. The fourth-order valence-electron chi connectivity index (χ4n) is 2.71. The van der Waals surface area contributed by atoms with Crippen LogP contribution in [0.2, 0.25) is 0 Å². The summed E-state index contributed by atoms with van der Waals surface area (Å²) >= 11 is 0. The third kappa shape index (κ3) is 5.64. The average molecular weight is 387 g/mol. The van der Waals surface area contributed by atoms with Crippen molar-refractivity contribution in [1.29, 1.82) is 0 Å². The third-order valence-corrected chi connectivity index (χ3v) is 4.38. The van der Waals surface area contributed by atoms with E-state index in [4.69, 9.17) is 14.2 Å². The lowest BCUT2D eigenvalue weighted by molar-refractivity contribution is -0.137. The number of hydrogen-bond donors (Lipinski definition) is 2. The predicted molar refractivity (Wildman–Crippen MR) is 104 cm³/mol. The summed E-state index contributed by atoms with van der Waals surface area (Å²) in [6.45, 7) is 3.72. The molecule has 0 fully saturated rings. The average Bonchev–Trinajstić information content (AvgIpc) is 2.67. The van der Waals surface area contributed by atoms with Gasteiger partial charge in [-0.3, -0.25) is 9.59 Å². The summed E-state index contributed by atoms with van der Waals surface area (Å²) in [6, 6.07) is 9.79. The minimum absolute atomic E-state index is 0.225. The van der Waals surface area contributed by atoms with E-state index in [0.29, 0.717) is 22.8 Å². The second-order valence-electron chi connectivity index (χ2n) is 6.36. The molecule has 7 heteroatoms. The zero-order valence-corrected chi connectivity index (χ0v) is 16.4. The van der Waals surface area contributed by atoms with Crippen molar-refractivity contribution >= 4 is 11.9 Å². The van der Waals surface area contributed by atoms with Crippen LogP contribution in [0.25, 0.3) is 0 Å². The van der Waals surface area contributed by atoms with E-state index in [1.807, 2.05) is 26.0 Å². The number of aryl methyl sites for hydroxylation is 2. The molecule has 0 aliphatic carbocycles. The van der Waals surface area contributed by atoms with Gasteiger partial charge < -0.3 is 24.6 Å². The summed E-state index contributed by atoms with van der Waals surface area (Å²) < 4.78 is 16.0. The highest BCUT2D eigenvalue weighted by atomic mass is 16.5. The van der Waals surface area contributed by atoms with Crippen molar-refractivity contribution in [3.8, 4) is 17.2 Å². The number of rotatable bonds is 9. The Kier molecular flexibility index (Phi) is 7.26. The summed E-state index contributed by atoms with van der Waals surface area (Å²) in [4.78, 5) is 23.6. The lowest BCUT2D eigenvalue weighted by Crippen LogP contribution is -2.34. The molecule has 1 unspecified atom stereocenters. The Morgan fingerprint density at radius 1 is 1.00 bits per heavy atom. The van der Waals surface area contributed by atoms with Crippen molar-refractivity contribution in [3.63, 3.8) is 0 Å². The van der Waals surface area contributed by atoms with Crippen LogP contribution in [0, 0.1) is 13.8 Å². The highest BCUT2D eigenvalue weighted by Crippen LogP contribution is 2.31. The molecule has 2 N–H and O–H groups in total. The van der Waals surface area contributed by atoms with Gasteiger partial charge in [-0.15, -0.1) is 0 Å². The van der Waals surface area contributed by atoms with E-state index in [9.17, 15) is 14.7 Å². The summed E-state index contributed by atoms with van der Waals surface area (Å²) in [5.41, 5.74) is 2.74. The zero-order valence-electron chi connectivity index (χ0n) is 16.4. The number of nitrogens with one attached hydrogen (secondary N) is 1. The molecule has 0 spiro atoms. The minimum atomic E-state index is -1.04. The van der Waals surface area contributed by atoms with Crippen LogP contribution in [0.1, 0.15) is 29.2 Å². The molecule has 0 aliphatic rings. The Morgan fingerprint density at radius 3 is 2.32 bits per heavy atom. The van der Waals surface area contributed by atoms with Crippen LogP contribution in [-0.4, -0.2) is 37.8 Å². The van der Waals surface area contributed by atoms with Gasteiger partial charge in [0.15, 0.2) is 6.61 Å². The second kappa shape index (κ2) is 9.64. The maximum atomic E-state index is 12.4. The van der Waals surface area contributed by atoms with E-state index in [1.165, 1.54) is 14.2 Å². The molecular formula is C21H25NO6. The molecule has 0 aliphatic heterocycles. The lowest BCUT2D eigenvalue weighted by atomic mass is 10.0. The van der Waals surface area contributed by atoms with E-state index in [2.05, 4.69) is 5.32 Å². The third-order valence-electron chi connectivity index (χ3n) is 4.38. The molecule has 0 saturated heterocycles. The van der Waals surface area contributed by atoms with E-state index in [-0.39, 0.29) is 13.0 Å². The van der Waals surface area contributed by atoms with Crippen LogP contribution in [0.3, 0.4) is 0 Å². The number of carbonyl (C=O) groups is 2. The predicted octanol–water partition coefficient (Wildman–Crippen LogP) is 3.03. The van der Waals surface area contributed by atoms with Crippen molar-refractivity contribution in [2.45, 2.75) is 26.3 Å². The lowest BCUT2D eigenvalue weighted by Gasteiger charge is -2.20. The molecule has 150 valence electrons. The van der Waals surface area contributed by atoms with Gasteiger partial charge in [0.05, 0.1) is 26.7 Å². The summed E-state index contributed by atoms with van der Waals surface area (Å²) in [6.07, 6.45) is -0.294. The van der Waals surface area contributed by atoms with E-state index >= 15 is 0 Å². The van der Waals surface area contributed by atoms with Gasteiger partial charge in [-0.2, -0.15) is 0 Å². The molecule has 1 amide bonds. The quantitative estimate of drug-likeness (QED) is 0.687. The summed E-state index contributed by atoms with van der Waals surface area (Å²) in [5.74, 6) is 0.107. The fraction of sp³-hybridized carbons (Fsp3) is 0.333. The van der Waals surface area contributed by atoms with Gasteiger partial charge in [0.1, 0.15) is 17.2 Å². The number of benzene rings is 2. The first-order chi connectivity index (χ1) is 13.3. The minimum Gasteiger partial charge on any atom is -0.497 e. The van der Waals surface area contributed by atoms with E-state index in [0.717, 1.165) is 11.1 Å². The van der Waals surface area contributed by atoms with Crippen LogP contribution >= 0.6 is 0 Å². The normalized spacial score (nSPS) is 11.4. The number of carboxylic acids is 1. The number of carbonyl (C=O) groups excluding carboxylic acids is 1. The molecule has 0 saturated carbocycles. The van der Waals surface area contributed by atoms with Crippen molar-refractivity contribution in [3.05, 3.63) is 53.1 Å². The fourth-order valence-corrected chi connectivity index (χ4v) is 2.71. The van der Waals surface area contributed by atoms with Crippen molar-refractivity contribution in [2.75, 3.05) is 20.8 Å². The molecule has 7 nitrogen and oxygen atoms in total. The molecule has 2 aromatic rings. The number of ether oxygens (including phenoxy) is 3. The Morgan fingerprint density at radius 2 is 1.71 bits per heavy atom. The monoisotopic (exact) mass is 387 g/mol. The largest absolute Gasteiger partial charge is 0.497 e. The Labute approximate surface area is 164 Å². The van der Waals surface area contributed by atoms with Crippen molar-refractivity contribution in [2.24, 2.45) is 0 Å². The molecule has 0 aromatic heterocycles. The molecular weight excluding hydrogens is 362 g/mol. The first-order valence-electron chi connectivity index (χ1n) is 8.77. The second-order valence-corrected chi connectivity index (χ2v) is 6.36. The summed E-state index contributed by atoms with van der Waals surface area (Å²) in [7, 11) is 3.00. The maximum Gasteiger partial charge on any atom is 0.305 e. The molecule has 0 radical (unpaired) electrons. The number of methoxy groups -OCH3 is 2. The van der Waals surface area contributed by atoms with Gasteiger partial charge in [-0.1, -0.05) is 6.07 Å². The first-order valence-corrected chi connectivity index (χ1v) is 8.77. The molecule has 1 atom stereocenters. The molecule has 2 aromatic carbocycles. The van der Waals surface area contributed by atoms with Crippen LogP contribution in [0.4, 0.5) is 0 Å². The number of aliphatic carboxylic acids is 1. The zero-order chi connectivity index (χ0) is 20.7. The number of amides is 1. The van der Waals surface area contributed by atoms with Crippen molar-refractivity contribution in [1.82, 2.24) is 5.32 Å². The summed E-state index contributed by atoms with van der Waals surface area (Å²) in [5, 5.41) is 11.9. The topological polar surface area (TPSA) is 94.1 Å². The standard InChI is InChI=1S/C21H25NO6/c1-13-5-6-16(9-14(13)2)28-12-20(23)22-18(11-21(24)25)17-8-7-15(26-3)10-19(17)27-4/h5-10,18H,11-12H2,1-4H3,(H,22,23)(H,24,25). The molecule has 0 heterocycles. The molecule has 2 rings (SSSR count). The Bertz CT molecular complexity index is 849.